The maximum absolute atomic E-state index is 9.09. The van der Waals surface area contributed by atoms with Crippen LogP contribution >= 0.6 is 11.3 Å². The molecule has 1 aromatic carbocycles. The van der Waals surface area contributed by atoms with Gasteiger partial charge in [0.05, 0.1) is 10.3 Å². The highest BCUT2D eigenvalue weighted by molar-refractivity contribution is 7.18. The number of nitrogens with zero attached hydrogens (tertiary/aromatic N) is 2. The summed E-state index contributed by atoms with van der Waals surface area (Å²) in [5.74, 6) is 3.55. The number of fused-ring (bicyclic) bond motifs is 1. The van der Waals surface area contributed by atoms with E-state index < -0.39 is 7.12 Å². The van der Waals surface area contributed by atoms with Crippen LogP contribution < -0.4 is 16.5 Å². The first-order valence-corrected chi connectivity index (χ1v) is 7.69. The van der Waals surface area contributed by atoms with Crippen LogP contribution in [0, 0.1) is 12.0 Å². The maximum atomic E-state index is 9.09. The van der Waals surface area contributed by atoms with Crippen molar-refractivity contribution in [1.29, 1.82) is 0 Å². The number of hydrogen-bond acceptors (Lipinski definition) is 7. The Hall–Kier alpha value is -2.60. The number of nitrogens with one attached hydrogen (secondary N) is 1. The summed E-state index contributed by atoms with van der Waals surface area (Å²) in [7, 11) is -1.45. The largest absolute Gasteiger partial charge is 0.488 e. The third-order valence-electron chi connectivity index (χ3n) is 3.30. The Morgan fingerprint density at radius 2 is 2.00 bits per heavy atom. The molecule has 0 saturated heterocycles. The van der Waals surface area contributed by atoms with Crippen LogP contribution in [0.15, 0.2) is 36.0 Å². The topological polar surface area (TPSA) is 104 Å². The van der Waals surface area contributed by atoms with Gasteiger partial charge in [0.15, 0.2) is 0 Å². The third-order valence-corrected chi connectivity index (χ3v) is 4.27. The van der Waals surface area contributed by atoms with Crippen molar-refractivity contribution < 1.29 is 10.0 Å². The van der Waals surface area contributed by atoms with E-state index in [4.69, 9.17) is 15.8 Å². The molecule has 0 aliphatic rings. The Bertz CT molecular complexity index is 884. The summed E-state index contributed by atoms with van der Waals surface area (Å²) >= 11 is 1.51. The third kappa shape index (κ3) is 3.27. The van der Waals surface area contributed by atoms with Crippen molar-refractivity contribution in [3.8, 4) is 12.0 Å². The summed E-state index contributed by atoms with van der Waals surface area (Å²) in [6, 6.07) is 9.41. The molecule has 0 saturated carbocycles. The van der Waals surface area contributed by atoms with Crippen molar-refractivity contribution in [2.75, 3.05) is 5.32 Å². The monoisotopic (exact) mass is 324 g/mol. The van der Waals surface area contributed by atoms with Gasteiger partial charge in [-0.1, -0.05) is 24.3 Å². The van der Waals surface area contributed by atoms with Gasteiger partial charge in [-0.2, -0.15) is 0 Å². The molecule has 2 heterocycles. The lowest BCUT2D eigenvalue weighted by Gasteiger charge is -2.07. The molecule has 23 heavy (non-hydrogen) atoms. The van der Waals surface area contributed by atoms with E-state index in [2.05, 4.69) is 27.2 Å². The molecule has 0 fully saturated rings. The lowest BCUT2D eigenvalue weighted by atomic mass is 9.80. The van der Waals surface area contributed by atoms with Gasteiger partial charge in [0.1, 0.15) is 17.7 Å². The highest BCUT2D eigenvalue weighted by Crippen LogP contribution is 2.28. The van der Waals surface area contributed by atoms with E-state index in [9.17, 15) is 0 Å². The van der Waals surface area contributed by atoms with Gasteiger partial charge in [-0.25, -0.2) is 9.97 Å². The molecule has 114 valence electrons. The summed E-state index contributed by atoms with van der Waals surface area (Å²) in [5, 5.41) is 23.4. The summed E-state index contributed by atoms with van der Waals surface area (Å²) < 4.78 is 0.924. The first-order chi connectivity index (χ1) is 11.2. The normalized spacial score (nSPS) is 10.2. The van der Waals surface area contributed by atoms with Crippen LogP contribution in [0.2, 0.25) is 0 Å². The molecule has 0 bridgehead atoms. The summed E-state index contributed by atoms with van der Waals surface area (Å²) in [6.07, 6.45) is 1.49. The zero-order valence-electron chi connectivity index (χ0n) is 12.0. The molecule has 0 aliphatic heterocycles. The van der Waals surface area contributed by atoms with Crippen molar-refractivity contribution in [2.24, 2.45) is 5.73 Å². The average molecular weight is 324 g/mol. The van der Waals surface area contributed by atoms with Crippen molar-refractivity contribution in [3.63, 3.8) is 0 Å². The van der Waals surface area contributed by atoms with E-state index in [0.717, 1.165) is 27.2 Å². The van der Waals surface area contributed by atoms with E-state index in [1.54, 1.807) is 12.1 Å². The van der Waals surface area contributed by atoms with Gasteiger partial charge in [-0.15, -0.1) is 11.3 Å². The number of nitrogens with two attached hydrogens (primary N) is 1. The molecule has 3 rings (SSSR count). The molecule has 3 aromatic rings. The zero-order chi connectivity index (χ0) is 16.2. The Labute approximate surface area is 137 Å². The SMILES string of the molecule is NC#Cc1csc2c(NCc3ccc(B(O)O)cc3)ncnc12. The van der Waals surface area contributed by atoms with Gasteiger partial charge in [-0.05, 0) is 16.9 Å². The van der Waals surface area contributed by atoms with Crippen LogP contribution in [0.1, 0.15) is 11.1 Å². The summed E-state index contributed by atoms with van der Waals surface area (Å²) in [6.45, 7) is 0.559. The minimum Gasteiger partial charge on any atom is -0.423 e. The van der Waals surface area contributed by atoms with Crippen molar-refractivity contribution in [3.05, 3.63) is 47.1 Å². The van der Waals surface area contributed by atoms with E-state index in [1.165, 1.54) is 17.7 Å². The number of anilines is 1. The molecule has 0 radical (unpaired) electrons. The minimum atomic E-state index is -1.45. The lowest BCUT2D eigenvalue weighted by Crippen LogP contribution is -2.29. The lowest BCUT2D eigenvalue weighted by molar-refractivity contribution is 0.426. The molecule has 8 heteroatoms. The summed E-state index contributed by atoms with van der Waals surface area (Å²) in [4.78, 5) is 8.52. The quantitative estimate of drug-likeness (QED) is 0.312. The highest BCUT2D eigenvalue weighted by atomic mass is 32.1. The maximum Gasteiger partial charge on any atom is 0.488 e. The summed E-state index contributed by atoms with van der Waals surface area (Å²) in [5.41, 5.74) is 8.30. The van der Waals surface area contributed by atoms with Gasteiger partial charge >= 0.3 is 7.12 Å². The van der Waals surface area contributed by atoms with Gasteiger partial charge in [0.25, 0.3) is 0 Å². The van der Waals surface area contributed by atoms with E-state index >= 15 is 0 Å². The Balaban J connectivity index is 1.80. The molecular formula is C15H13BN4O2S. The Morgan fingerprint density at radius 1 is 1.22 bits per heavy atom. The fraction of sp³-hybridized carbons (Fsp3) is 0.0667. The van der Waals surface area contributed by atoms with Gasteiger partial charge in [0, 0.05) is 18.0 Å². The van der Waals surface area contributed by atoms with Crippen LogP contribution in [0.3, 0.4) is 0 Å². The molecule has 0 unspecified atom stereocenters. The molecule has 0 amide bonds. The van der Waals surface area contributed by atoms with Gasteiger partial charge in [-0.3, -0.25) is 0 Å². The van der Waals surface area contributed by atoms with Crippen LogP contribution in [0.5, 0.6) is 0 Å². The van der Waals surface area contributed by atoms with Crippen molar-refractivity contribution >= 4 is 40.0 Å². The van der Waals surface area contributed by atoms with Crippen LogP contribution in [0.25, 0.3) is 10.2 Å². The number of thiophene rings is 1. The minimum absolute atomic E-state index is 0.460. The van der Waals surface area contributed by atoms with E-state index in [0.29, 0.717) is 12.0 Å². The van der Waals surface area contributed by atoms with E-state index in [1.807, 2.05) is 17.5 Å². The van der Waals surface area contributed by atoms with E-state index in [-0.39, 0.29) is 0 Å². The standard InChI is InChI=1S/C15H13BN4O2S/c17-6-5-11-8-23-14-13(11)19-9-20-15(14)18-7-10-1-3-12(4-2-10)16(21)22/h1-4,8-9,21-22H,7,17H2,(H,18,19,20). The van der Waals surface area contributed by atoms with Gasteiger partial charge < -0.3 is 21.1 Å². The first-order valence-electron chi connectivity index (χ1n) is 6.81. The second-order valence-corrected chi connectivity index (χ2v) is 5.67. The molecule has 0 aliphatic carbocycles. The molecule has 0 atom stereocenters. The molecule has 0 spiro atoms. The number of aromatic nitrogens is 2. The predicted molar refractivity (Wildman–Crippen MR) is 92.1 cm³/mol. The molecule has 2 aromatic heterocycles. The molecule has 6 nitrogen and oxygen atoms in total. The zero-order valence-corrected chi connectivity index (χ0v) is 12.8. The number of hydrogen-bond donors (Lipinski definition) is 4. The number of rotatable bonds is 4. The fourth-order valence-corrected chi connectivity index (χ4v) is 3.05. The van der Waals surface area contributed by atoms with Crippen LogP contribution in [-0.4, -0.2) is 27.1 Å². The molecular weight excluding hydrogens is 311 g/mol. The molecule has 5 N–H and O–H groups in total. The van der Waals surface area contributed by atoms with Gasteiger partial charge in [0.2, 0.25) is 0 Å². The number of benzene rings is 1. The Morgan fingerprint density at radius 3 is 2.70 bits per heavy atom. The Kier molecular flexibility index (Phi) is 4.44. The second kappa shape index (κ2) is 6.66. The van der Waals surface area contributed by atoms with Crippen LogP contribution in [0.4, 0.5) is 5.82 Å². The predicted octanol–water partition coefficient (Wildman–Crippen LogP) is 0.251. The fourth-order valence-electron chi connectivity index (χ4n) is 2.14. The van der Waals surface area contributed by atoms with Crippen molar-refractivity contribution in [1.82, 2.24) is 9.97 Å². The van der Waals surface area contributed by atoms with Crippen LogP contribution in [-0.2, 0) is 6.54 Å². The second-order valence-electron chi connectivity index (χ2n) is 4.79. The highest BCUT2D eigenvalue weighted by Gasteiger charge is 2.11. The smallest absolute Gasteiger partial charge is 0.423 e. The first kappa shape index (κ1) is 15.3. The van der Waals surface area contributed by atoms with Crippen molar-refractivity contribution in [2.45, 2.75) is 6.54 Å². The average Bonchev–Trinajstić information content (AvgIpc) is 2.97.